The predicted octanol–water partition coefficient (Wildman–Crippen LogP) is 0.115. The van der Waals surface area contributed by atoms with E-state index in [1.807, 2.05) is 24.3 Å². The van der Waals surface area contributed by atoms with Crippen LogP contribution in [0.1, 0.15) is 42.7 Å². The molecule has 0 heterocycles. The number of carbonyl (C=O) groups is 2. The van der Waals surface area contributed by atoms with Crippen LogP contribution in [0.4, 0.5) is 0 Å². The fourth-order valence-electron chi connectivity index (χ4n) is 3.48. The number of amides is 1. The van der Waals surface area contributed by atoms with Gasteiger partial charge in [-0.3, -0.25) is 14.9 Å². The van der Waals surface area contributed by atoms with Crippen LogP contribution in [0.2, 0.25) is 0 Å². The summed E-state index contributed by atoms with van der Waals surface area (Å²) in [5.74, 6) is -1.06. The Morgan fingerprint density at radius 3 is 2.38 bits per heavy atom. The highest BCUT2D eigenvalue weighted by molar-refractivity contribution is 5.76. The van der Waals surface area contributed by atoms with Gasteiger partial charge in [0.2, 0.25) is 5.91 Å². The number of nitrogens with two attached hydrogens (primary N) is 1. The van der Waals surface area contributed by atoms with E-state index in [9.17, 15) is 24.9 Å². The molecule has 1 aliphatic rings. The van der Waals surface area contributed by atoms with E-state index in [-0.39, 0.29) is 25.2 Å². The first-order valence-corrected chi connectivity index (χ1v) is 10.7. The Morgan fingerprint density at radius 1 is 1.09 bits per heavy atom. The van der Waals surface area contributed by atoms with Crippen LogP contribution in [0.3, 0.4) is 0 Å². The first-order chi connectivity index (χ1) is 15.3. The monoisotopic (exact) mass is 447 g/mol. The van der Waals surface area contributed by atoms with Crippen molar-refractivity contribution in [2.75, 3.05) is 6.61 Å². The van der Waals surface area contributed by atoms with E-state index in [0.717, 1.165) is 12.0 Å². The summed E-state index contributed by atoms with van der Waals surface area (Å²) in [5.41, 5.74) is 7.53. The summed E-state index contributed by atoms with van der Waals surface area (Å²) in [5, 5.41) is 43.1. The van der Waals surface area contributed by atoms with Crippen LogP contribution in [-0.2, 0) is 16.0 Å². The lowest BCUT2D eigenvalue weighted by atomic mass is 9.91. The molecule has 5 atom stereocenters. The number of rotatable bonds is 13. The molecular weight excluding hydrogens is 414 g/mol. The van der Waals surface area contributed by atoms with Crippen molar-refractivity contribution >= 4 is 11.9 Å². The minimum Gasteiger partial charge on any atom is -0.481 e. The number of carboxylic acid groups (broad SMARTS) is 1. The number of aryl methyl sites for hydroxylation is 1. The molecule has 9 heteroatoms. The van der Waals surface area contributed by atoms with E-state index < -0.39 is 37.1 Å². The largest absolute Gasteiger partial charge is 0.481 e. The summed E-state index contributed by atoms with van der Waals surface area (Å²) in [6.45, 7) is -0.544. The third-order valence-electron chi connectivity index (χ3n) is 5.42. The Kier molecular flexibility index (Phi) is 10.5. The Bertz CT molecular complexity index is 793. The van der Waals surface area contributed by atoms with Crippen molar-refractivity contribution in [1.29, 1.82) is 0 Å². The normalized spacial score (nSPS) is 19.2. The molecule has 1 amide bonds. The van der Waals surface area contributed by atoms with Crippen molar-refractivity contribution in [3.63, 3.8) is 0 Å². The number of carbonyl (C=O) groups excluding carboxylic acids is 1. The maximum atomic E-state index is 12.4. The number of aliphatic carboxylic acids is 1. The van der Waals surface area contributed by atoms with Gasteiger partial charge in [-0.25, -0.2) is 0 Å². The maximum Gasteiger partial charge on any atom is 0.303 e. The Balaban J connectivity index is 1.90. The fourth-order valence-corrected chi connectivity index (χ4v) is 3.48. The number of nitrogens with one attached hydrogen (secondary N) is 2. The van der Waals surface area contributed by atoms with Gasteiger partial charge in [0.1, 0.15) is 12.5 Å². The van der Waals surface area contributed by atoms with Gasteiger partial charge in [-0.05, 0) is 30.4 Å². The van der Waals surface area contributed by atoms with Crippen molar-refractivity contribution in [1.82, 2.24) is 10.6 Å². The molecule has 1 aromatic rings. The number of aliphatic hydroxyl groups is 3. The quantitative estimate of drug-likeness (QED) is 0.209. The van der Waals surface area contributed by atoms with Crippen molar-refractivity contribution in [3.05, 3.63) is 59.7 Å². The zero-order valence-corrected chi connectivity index (χ0v) is 17.9. The molecule has 3 unspecified atom stereocenters. The molecule has 8 N–H and O–H groups in total. The molecule has 32 heavy (non-hydrogen) atoms. The van der Waals surface area contributed by atoms with Gasteiger partial charge in [0, 0.05) is 18.8 Å². The smallest absolute Gasteiger partial charge is 0.303 e. The van der Waals surface area contributed by atoms with Crippen LogP contribution in [0.5, 0.6) is 0 Å². The summed E-state index contributed by atoms with van der Waals surface area (Å²) < 4.78 is 0. The molecule has 9 nitrogen and oxygen atoms in total. The van der Waals surface area contributed by atoms with E-state index in [1.165, 1.54) is 5.56 Å². The van der Waals surface area contributed by atoms with E-state index in [0.29, 0.717) is 12.3 Å². The first-order valence-electron chi connectivity index (χ1n) is 10.7. The number of hydrogen-bond acceptors (Lipinski definition) is 7. The van der Waals surface area contributed by atoms with Gasteiger partial charge in [-0.1, -0.05) is 48.6 Å². The molecule has 0 saturated carbocycles. The molecule has 0 fully saturated rings. The molecule has 0 aliphatic heterocycles. The second-order valence-corrected chi connectivity index (χ2v) is 7.89. The summed E-state index contributed by atoms with van der Waals surface area (Å²) in [6, 6.07) is 6.13. The SMILES string of the molecule is NC(O)[C@H](CO)NC(O)[C@H](CCC(=O)O)NC(=O)CCc1ccc(C2C=CC=CC2)cc1. The van der Waals surface area contributed by atoms with Crippen LogP contribution in [-0.4, -0.2) is 63.4 Å². The Morgan fingerprint density at radius 2 is 1.81 bits per heavy atom. The molecule has 0 bridgehead atoms. The first kappa shape index (κ1) is 25.7. The van der Waals surface area contributed by atoms with Gasteiger partial charge < -0.3 is 31.5 Å². The minimum atomic E-state index is -1.44. The highest BCUT2D eigenvalue weighted by Crippen LogP contribution is 2.24. The van der Waals surface area contributed by atoms with Crippen LogP contribution < -0.4 is 16.4 Å². The summed E-state index contributed by atoms with van der Waals surface area (Å²) in [6.07, 6.45) is 6.82. The van der Waals surface area contributed by atoms with Gasteiger partial charge in [0.25, 0.3) is 0 Å². The molecule has 0 radical (unpaired) electrons. The zero-order chi connectivity index (χ0) is 23.5. The maximum absolute atomic E-state index is 12.4. The summed E-state index contributed by atoms with van der Waals surface area (Å²) >= 11 is 0. The van der Waals surface area contributed by atoms with Gasteiger partial charge in [0.15, 0.2) is 0 Å². The fraction of sp³-hybridized carbons (Fsp3) is 0.478. The van der Waals surface area contributed by atoms with E-state index in [4.69, 9.17) is 10.8 Å². The van der Waals surface area contributed by atoms with Crippen molar-refractivity contribution in [2.45, 2.75) is 62.6 Å². The molecule has 0 spiro atoms. The van der Waals surface area contributed by atoms with Gasteiger partial charge >= 0.3 is 5.97 Å². The number of hydrogen-bond donors (Lipinski definition) is 7. The minimum absolute atomic E-state index is 0.0356. The molecule has 0 saturated heterocycles. The second-order valence-electron chi connectivity index (χ2n) is 7.89. The van der Waals surface area contributed by atoms with Crippen molar-refractivity contribution in [3.8, 4) is 0 Å². The van der Waals surface area contributed by atoms with Gasteiger partial charge in [-0.15, -0.1) is 0 Å². The van der Waals surface area contributed by atoms with Crippen molar-refractivity contribution < 1.29 is 30.0 Å². The van der Waals surface area contributed by atoms with Crippen molar-refractivity contribution in [2.24, 2.45) is 5.73 Å². The Hall–Kier alpha value is -2.56. The third kappa shape index (κ3) is 8.52. The standard InChI is InChI=1S/C23H33N3O6/c24-22(31)19(14-27)26-23(32)18(11-13-21(29)30)25-20(28)12-8-15-6-9-17(10-7-15)16-4-2-1-3-5-16/h1-4,6-7,9-10,16,18-19,22-23,26-27,31-32H,5,8,11-14,24H2,(H,25,28)(H,29,30)/t16?,18-,19-,22?,23?/m0/s1. The number of aliphatic hydroxyl groups excluding tert-OH is 3. The Labute approximate surface area is 187 Å². The molecule has 176 valence electrons. The van der Waals surface area contributed by atoms with Gasteiger partial charge in [0.05, 0.1) is 18.7 Å². The molecule has 1 aliphatic carbocycles. The topological polar surface area (TPSA) is 165 Å². The van der Waals surface area contributed by atoms with E-state index in [2.05, 4.69) is 34.9 Å². The summed E-state index contributed by atoms with van der Waals surface area (Å²) in [7, 11) is 0. The average Bonchev–Trinajstić information content (AvgIpc) is 2.79. The summed E-state index contributed by atoms with van der Waals surface area (Å²) in [4.78, 5) is 23.4. The lowest BCUT2D eigenvalue weighted by molar-refractivity contribution is -0.137. The zero-order valence-electron chi connectivity index (χ0n) is 17.9. The molecule has 2 rings (SSSR count). The number of carboxylic acids is 1. The van der Waals surface area contributed by atoms with Crippen LogP contribution in [0.25, 0.3) is 0 Å². The van der Waals surface area contributed by atoms with Gasteiger partial charge in [-0.2, -0.15) is 0 Å². The lowest BCUT2D eigenvalue weighted by Gasteiger charge is -2.29. The highest BCUT2D eigenvalue weighted by atomic mass is 16.4. The predicted molar refractivity (Wildman–Crippen MR) is 119 cm³/mol. The van der Waals surface area contributed by atoms with E-state index in [1.54, 1.807) is 0 Å². The van der Waals surface area contributed by atoms with Crippen LogP contribution in [0.15, 0.2) is 48.6 Å². The highest BCUT2D eigenvalue weighted by Gasteiger charge is 2.26. The molecule has 0 aromatic heterocycles. The number of benzene rings is 1. The third-order valence-corrected chi connectivity index (χ3v) is 5.42. The van der Waals surface area contributed by atoms with E-state index >= 15 is 0 Å². The lowest BCUT2D eigenvalue weighted by Crippen LogP contribution is -2.58. The molecule has 1 aromatic carbocycles. The molecular formula is C23H33N3O6. The second kappa shape index (κ2) is 13.1. The van der Waals surface area contributed by atoms with Crippen LogP contribution in [0, 0.1) is 0 Å². The number of allylic oxidation sites excluding steroid dienone is 4. The average molecular weight is 448 g/mol. The van der Waals surface area contributed by atoms with Crippen LogP contribution >= 0.6 is 0 Å².